The maximum Gasteiger partial charge on any atom is 0.117 e. The standard InChI is InChI=1S/C7H10O7/c1-3(5(10)11)7(14,6(12)13)2-4(8)9/h3,14H,2H2,1H3,(H,8,9)(H,10,11)(H,12,13)/p-3. The van der Waals surface area contributed by atoms with Crippen LogP contribution in [-0.2, 0) is 14.4 Å². The van der Waals surface area contributed by atoms with Crippen molar-refractivity contribution in [2.45, 2.75) is 18.9 Å². The van der Waals surface area contributed by atoms with Crippen molar-refractivity contribution in [1.82, 2.24) is 0 Å². The van der Waals surface area contributed by atoms with Crippen LogP contribution in [0.1, 0.15) is 13.3 Å². The quantitative estimate of drug-likeness (QED) is 0.471. The Morgan fingerprint density at radius 3 is 1.93 bits per heavy atom. The van der Waals surface area contributed by atoms with E-state index in [-0.39, 0.29) is 0 Å². The van der Waals surface area contributed by atoms with Crippen molar-refractivity contribution in [2.24, 2.45) is 5.92 Å². The zero-order chi connectivity index (χ0) is 11.5. The van der Waals surface area contributed by atoms with Gasteiger partial charge in [-0.2, -0.15) is 0 Å². The van der Waals surface area contributed by atoms with Crippen LogP contribution in [-0.4, -0.2) is 28.6 Å². The number of aliphatic hydroxyl groups is 1. The van der Waals surface area contributed by atoms with E-state index in [0.717, 1.165) is 6.92 Å². The van der Waals surface area contributed by atoms with Crippen molar-refractivity contribution in [3.63, 3.8) is 0 Å². The molecule has 14 heavy (non-hydrogen) atoms. The van der Waals surface area contributed by atoms with Crippen LogP contribution in [0.5, 0.6) is 0 Å². The van der Waals surface area contributed by atoms with Gasteiger partial charge in [-0.1, -0.05) is 6.92 Å². The number of carboxylic acids is 3. The van der Waals surface area contributed by atoms with Gasteiger partial charge in [0, 0.05) is 24.3 Å². The molecule has 7 heteroatoms. The van der Waals surface area contributed by atoms with Crippen LogP contribution in [0.3, 0.4) is 0 Å². The lowest BCUT2D eigenvalue weighted by atomic mass is 9.86. The molecule has 0 rings (SSSR count). The van der Waals surface area contributed by atoms with Crippen LogP contribution in [0.25, 0.3) is 0 Å². The fourth-order valence-electron chi connectivity index (χ4n) is 0.817. The van der Waals surface area contributed by atoms with E-state index in [0.29, 0.717) is 0 Å². The number of carboxylic acid groups (broad SMARTS) is 3. The summed E-state index contributed by atoms with van der Waals surface area (Å²) in [6.45, 7) is 0.800. The average molecular weight is 203 g/mol. The summed E-state index contributed by atoms with van der Waals surface area (Å²) in [5, 5.41) is 39.9. The molecule has 0 radical (unpaired) electrons. The van der Waals surface area contributed by atoms with Gasteiger partial charge in [0.2, 0.25) is 0 Å². The van der Waals surface area contributed by atoms with Gasteiger partial charge in [0.25, 0.3) is 0 Å². The van der Waals surface area contributed by atoms with Crippen LogP contribution in [0, 0.1) is 5.92 Å². The Hall–Kier alpha value is -1.63. The number of hydrogen-bond acceptors (Lipinski definition) is 7. The second kappa shape index (κ2) is 4.05. The Kier molecular flexibility index (Phi) is 3.58. The Balaban J connectivity index is 4.99. The summed E-state index contributed by atoms with van der Waals surface area (Å²) in [4.78, 5) is 30.7. The zero-order valence-corrected chi connectivity index (χ0v) is 7.18. The number of carbonyl (C=O) groups excluding carboxylic acids is 3. The molecule has 0 aromatic carbocycles. The third kappa shape index (κ3) is 2.43. The van der Waals surface area contributed by atoms with E-state index in [9.17, 15) is 34.8 Å². The highest BCUT2D eigenvalue weighted by molar-refractivity contribution is 5.87. The molecule has 0 fully saturated rings. The third-order valence-corrected chi connectivity index (χ3v) is 1.84. The van der Waals surface area contributed by atoms with Crippen molar-refractivity contribution in [3.05, 3.63) is 0 Å². The van der Waals surface area contributed by atoms with E-state index < -0.39 is 35.8 Å². The molecule has 80 valence electrons. The zero-order valence-electron chi connectivity index (χ0n) is 7.18. The molecular formula is C7H7O7-3. The van der Waals surface area contributed by atoms with Gasteiger partial charge in [-0.25, -0.2) is 0 Å². The molecule has 0 saturated heterocycles. The lowest BCUT2D eigenvalue weighted by molar-refractivity contribution is -0.345. The van der Waals surface area contributed by atoms with Crippen molar-refractivity contribution < 1.29 is 34.8 Å². The van der Waals surface area contributed by atoms with Gasteiger partial charge in [-0.3, -0.25) is 0 Å². The lowest BCUT2D eigenvalue weighted by Gasteiger charge is -2.35. The van der Waals surface area contributed by atoms with Gasteiger partial charge in [0.15, 0.2) is 0 Å². The van der Waals surface area contributed by atoms with Gasteiger partial charge >= 0.3 is 0 Å². The molecule has 2 unspecified atom stereocenters. The molecule has 0 amide bonds. The molecule has 0 saturated carbocycles. The lowest BCUT2D eigenvalue weighted by Crippen LogP contribution is -2.59. The van der Waals surface area contributed by atoms with Crippen molar-refractivity contribution >= 4 is 17.9 Å². The molecular weight excluding hydrogens is 196 g/mol. The fourth-order valence-corrected chi connectivity index (χ4v) is 0.817. The fraction of sp³-hybridized carbons (Fsp3) is 0.571. The van der Waals surface area contributed by atoms with Crippen molar-refractivity contribution in [3.8, 4) is 0 Å². The summed E-state index contributed by atoms with van der Waals surface area (Å²) in [7, 11) is 0. The van der Waals surface area contributed by atoms with E-state index in [1.165, 1.54) is 0 Å². The number of aliphatic carboxylic acids is 3. The molecule has 1 N–H and O–H groups in total. The molecule has 7 nitrogen and oxygen atoms in total. The number of rotatable bonds is 5. The molecule has 0 aromatic rings. The van der Waals surface area contributed by atoms with Gasteiger partial charge in [0.05, 0.1) is 5.97 Å². The minimum Gasteiger partial charge on any atom is -0.550 e. The first kappa shape index (κ1) is 12.4. The van der Waals surface area contributed by atoms with Gasteiger partial charge in [0.1, 0.15) is 5.60 Å². The van der Waals surface area contributed by atoms with Crippen LogP contribution < -0.4 is 15.3 Å². The second-order valence-corrected chi connectivity index (χ2v) is 2.80. The van der Waals surface area contributed by atoms with Crippen molar-refractivity contribution in [1.29, 1.82) is 0 Å². The predicted molar refractivity (Wildman–Crippen MR) is 33.8 cm³/mol. The van der Waals surface area contributed by atoms with Crippen LogP contribution >= 0.6 is 0 Å². The van der Waals surface area contributed by atoms with E-state index in [4.69, 9.17) is 0 Å². The van der Waals surface area contributed by atoms with E-state index >= 15 is 0 Å². The first-order chi connectivity index (χ1) is 6.21. The highest BCUT2D eigenvalue weighted by Crippen LogP contribution is 2.20. The van der Waals surface area contributed by atoms with Crippen molar-refractivity contribution in [2.75, 3.05) is 0 Å². The van der Waals surface area contributed by atoms with E-state index in [1.807, 2.05) is 0 Å². The number of hydrogen-bond donors (Lipinski definition) is 1. The van der Waals surface area contributed by atoms with Crippen LogP contribution in [0.15, 0.2) is 0 Å². The first-order valence-electron chi connectivity index (χ1n) is 3.56. The molecule has 0 aromatic heterocycles. The minimum absolute atomic E-state index is 0.800. The average Bonchev–Trinajstić information content (AvgIpc) is 2.00. The van der Waals surface area contributed by atoms with E-state index in [1.54, 1.807) is 0 Å². The van der Waals surface area contributed by atoms with Crippen LogP contribution in [0.2, 0.25) is 0 Å². The van der Waals surface area contributed by atoms with Gasteiger partial charge < -0.3 is 34.8 Å². The minimum atomic E-state index is -3.02. The predicted octanol–water partition coefficient (Wildman–Crippen LogP) is -5.01. The monoisotopic (exact) mass is 203 g/mol. The van der Waals surface area contributed by atoms with Gasteiger partial charge in [-0.05, 0) is 0 Å². The smallest absolute Gasteiger partial charge is 0.117 e. The summed E-state index contributed by atoms with van der Waals surface area (Å²) in [5.74, 6) is -7.90. The third-order valence-electron chi connectivity index (χ3n) is 1.84. The largest absolute Gasteiger partial charge is 0.550 e. The van der Waals surface area contributed by atoms with E-state index in [2.05, 4.69) is 0 Å². The SMILES string of the molecule is CC(C(=O)[O-])C(O)(CC(=O)[O-])C(=O)[O-]. The van der Waals surface area contributed by atoms with Crippen LogP contribution in [0.4, 0.5) is 0 Å². The maximum absolute atomic E-state index is 10.4. The Labute approximate surface area is 78.6 Å². The van der Waals surface area contributed by atoms with Gasteiger partial charge in [-0.15, -0.1) is 0 Å². The molecule has 0 aliphatic carbocycles. The molecule has 0 bridgehead atoms. The topological polar surface area (TPSA) is 141 Å². The molecule has 0 spiro atoms. The number of carbonyl (C=O) groups is 3. The maximum atomic E-state index is 10.4. The Bertz CT molecular complexity index is 271. The normalized spacial score (nSPS) is 16.7. The first-order valence-corrected chi connectivity index (χ1v) is 3.56. The highest BCUT2D eigenvalue weighted by Gasteiger charge is 2.36. The summed E-state index contributed by atoms with van der Waals surface area (Å²) in [6, 6.07) is 0. The molecule has 2 atom stereocenters. The summed E-state index contributed by atoms with van der Waals surface area (Å²) in [6.07, 6.45) is -1.37. The molecule has 0 heterocycles. The summed E-state index contributed by atoms with van der Waals surface area (Å²) in [5.41, 5.74) is -3.02. The Morgan fingerprint density at radius 1 is 1.29 bits per heavy atom. The molecule has 0 aliphatic rings. The molecule has 0 aliphatic heterocycles. The summed E-state index contributed by atoms with van der Waals surface area (Å²) >= 11 is 0. The second-order valence-electron chi connectivity index (χ2n) is 2.80. The highest BCUT2D eigenvalue weighted by atomic mass is 16.4. The summed E-state index contributed by atoms with van der Waals surface area (Å²) < 4.78 is 0. The Morgan fingerprint density at radius 2 is 1.71 bits per heavy atom.